The number of nitrogens with zero attached hydrogens (tertiary/aromatic N) is 1. The summed E-state index contributed by atoms with van der Waals surface area (Å²) in [5.41, 5.74) is -1.56. The van der Waals surface area contributed by atoms with E-state index >= 15 is 0 Å². The molecule has 0 saturated heterocycles. The van der Waals surface area contributed by atoms with Gasteiger partial charge in [0.05, 0.1) is 22.3 Å². The average Bonchev–Trinajstić information content (AvgIpc) is 2.85. The lowest BCUT2D eigenvalue weighted by atomic mass is 9.90. The first kappa shape index (κ1) is 22.2. The van der Waals surface area contributed by atoms with Crippen LogP contribution in [0.5, 0.6) is 5.75 Å². The van der Waals surface area contributed by atoms with E-state index in [9.17, 15) is 14.7 Å². The molecule has 1 N–H and O–H groups in total. The van der Waals surface area contributed by atoms with Gasteiger partial charge in [-0.25, -0.2) is 0 Å². The minimum Gasteiger partial charge on any atom is -0.492 e. The molecule has 1 atom stereocenters. The Balaban J connectivity index is 1.79. The van der Waals surface area contributed by atoms with Crippen LogP contribution in [0.1, 0.15) is 25.3 Å². The van der Waals surface area contributed by atoms with E-state index in [0.29, 0.717) is 27.9 Å². The number of amides is 1. The van der Waals surface area contributed by atoms with Crippen molar-refractivity contribution in [3.63, 3.8) is 0 Å². The molecule has 0 spiro atoms. The van der Waals surface area contributed by atoms with Crippen LogP contribution in [0.25, 0.3) is 0 Å². The summed E-state index contributed by atoms with van der Waals surface area (Å²) in [6.07, 6.45) is 0.0371. The molecular weight excluding hydrogens is 460 g/mol. The van der Waals surface area contributed by atoms with Crippen molar-refractivity contribution in [1.29, 1.82) is 0 Å². The summed E-state index contributed by atoms with van der Waals surface area (Å²) in [7, 11) is 0. The maximum Gasteiger partial charge on any atom is 0.264 e. The highest BCUT2D eigenvalue weighted by Crippen LogP contribution is 2.49. The van der Waals surface area contributed by atoms with Crippen LogP contribution in [0.4, 0.5) is 5.69 Å². The van der Waals surface area contributed by atoms with Crippen molar-refractivity contribution in [2.45, 2.75) is 25.4 Å². The zero-order valence-corrected chi connectivity index (χ0v) is 18.4. The van der Waals surface area contributed by atoms with E-state index in [1.807, 2.05) is 0 Å². The lowest BCUT2D eigenvalue weighted by Crippen LogP contribution is -2.42. The van der Waals surface area contributed by atoms with Crippen LogP contribution in [-0.4, -0.2) is 29.9 Å². The van der Waals surface area contributed by atoms with Crippen molar-refractivity contribution in [3.05, 3.63) is 56.0 Å². The topological polar surface area (TPSA) is 66.8 Å². The molecule has 0 bridgehead atoms. The van der Waals surface area contributed by atoms with E-state index in [4.69, 9.17) is 51.1 Å². The zero-order chi connectivity index (χ0) is 21.3. The Kier molecular flexibility index (Phi) is 6.66. The highest BCUT2D eigenvalue weighted by Gasteiger charge is 2.52. The van der Waals surface area contributed by atoms with E-state index < -0.39 is 11.5 Å². The molecule has 1 heterocycles. The number of ketones is 1. The second kappa shape index (κ2) is 8.70. The lowest BCUT2D eigenvalue weighted by molar-refractivity contribution is -0.141. The molecule has 0 radical (unpaired) electrons. The van der Waals surface area contributed by atoms with Gasteiger partial charge in [-0.3, -0.25) is 9.59 Å². The summed E-state index contributed by atoms with van der Waals surface area (Å²) >= 11 is 24.5. The van der Waals surface area contributed by atoms with Gasteiger partial charge in [0, 0.05) is 28.6 Å². The lowest BCUT2D eigenvalue weighted by Gasteiger charge is -2.22. The number of hydrogen-bond donors (Lipinski definition) is 1. The van der Waals surface area contributed by atoms with Gasteiger partial charge in [0.1, 0.15) is 11.5 Å². The number of carbonyl (C=O) groups excluding carboxylic acids is 2. The first-order valence-electron chi connectivity index (χ1n) is 8.75. The molecule has 3 rings (SSSR count). The molecule has 2 aromatic carbocycles. The molecular formula is C20H17Cl4NO4. The Morgan fingerprint density at radius 3 is 2.45 bits per heavy atom. The monoisotopic (exact) mass is 475 g/mol. The first-order valence-corrected chi connectivity index (χ1v) is 10.3. The average molecular weight is 477 g/mol. The third kappa shape index (κ3) is 4.35. The van der Waals surface area contributed by atoms with Gasteiger partial charge in [-0.05, 0) is 43.7 Å². The molecule has 0 aliphatic carbocycles. The third-order valence-corrected chi connectivity index (χ3v) is 5.69. The molecule has 5 nitrogen and oxygen atoms in total. The van der Waals surface area contributed by atoms with Crippen LogP contribution >= 0.6 is 46.4 Å². The van der Waals surface area contributed by atoms with Gasteiger partial charge >= 0.3 is 0 Å². The molecule has 1 amide bonds. The SMILES string of the molecule is CC(=O)CC1(O)C(=O)N(CCCOc2ccc(Cl)cc2Cl)c2c(Cl)ccc(Cl)c21. The van der Waals surface area contributed by atoms with E-state index in [2.05, 4.69) is 0 Å². The largest absolute Gasteiger partial charge is 0.492 e. The van der Waals surface area contributed by atoms with E-state index in [-0.39, 0.29) is 41.0 Å². The molecule has 154 valence electrons. The fourth-order valence-corrected chi connectivity index (χ4v) is 4.40. The van der Waals surface area contributed by atoms with Crippen molar-refractivity contribution >= 4 is 63.8 Å². The summed E-state index contributed by atoms with van der Waals surface area (Å²) in [4.78, 5) is 26.0. The highest BCUT2D eigenvalue weighted by molar-refractivity contribution is 6.38. The molecule has 9 heteroatoms. The van der Waals surface area contributed by atoms with Crippen molar-refractivity contribution in [2.75, 3.05) is 18.1 Å². The number of hydrogen-bond acceptors (Lipinski definition) is 4. The molecule has 0 aromatic heterocycles. The Hall–Kier alpha value is -1.50. The first-order chi connectivity index (χ1) is 13.6. The number of aliphatic hydroxyl groups is 1. The Morgan fingerprint density at radius 2 is 1.79 bits per heavy atom. The van der Waals surface area contributed by atoms with Gasteiger partial charge in [0.25, 0.3) is 5.91 Å². The maximum atomic E-state index is 13.0. The van der Waals surface area contributed by atoms with Crippen molar-refractivity contribution in [1.82, 2.24) is 0 Å². The van der Waals surface area contributed by atoms with Crippen LogP contribution in [0.15, 0.2) is 30.3 Å². The number of halogens is 4. The fraction of sp³-hybridized carbons (Fsp3) is 0.300. The number of fused-ring (bicyclic) bond motifs is 1. The molecule has 0 fully saturated rings. The predicted octanol–water partition coefficient (Wildman–Crippen LogP) is 5.28. The Bertz CT molecular complexity index is 981. The third-order valence-electron chi connectivity index (χ3n) is 4.54. The van der Waals surface area contributed by atoms with Crippen LogP contribution in [0.3, 0.4) is 0 Å². The summed E-state index contributed by atoms with van der Waals surface area (Å²) in [5.74, 6) is -0.508. The number of anilines is 1. The number of Topliss-reactive ketones (excluding diaryl/α,β-unsaturated/α-hetero) is 1. The number of carbonyl (C=O) groups is 2. The minimum absolute atomic E-state index is 0.161. The van der Waals surface area contributed by atoms with E-state index in [0.717, 1.165) is 0 Å². The Labute approximate surface area is 188 Å². The molecule has 1 aliphatic heterocycles. The van der Waals surface area contributed by atoms with Gasteiger partial charge in [0.2, 0.25) is 0 Å². The van der Waals surface area contributed by atoms with Gasteiger partial charge in [-0.15, -0.1) is 0 Å². The molecule has 1 unspecified atom stereocenters. The van der Waals surface area contributed by atoms with Crippen LogP contribution in [-0.2, 0) is 15.2 Å². The fourth-order valence-electron chi connectivity index (χ4n) is 3.36. The van der Waals surface area contributed by atoms with Gasteiger partial charge in [-0.1, -0.05) is 46.4 Å². The van der Waals surface area contributed by atoms with Gasteiger partial charge < -0.3 is 14.7 Å². The second-order valence-corrected chi connectivity index (χ2v) is 8.38. The van der Waals surface area contributed by atoms with Crippen molar-refractivity contribution in [2.24, 2.45) is 0 Å². The van der Waals surface area contributed by atoms with E-state index in [1.165, 1.54) is 17.9 Å². The van der Waals surface area contributed by atoms with Crippen LogP contribution in [0.2, 0.25) is 20.1 Å². The number of rotatable bonds is 7. The normalized spacial score (nSPS) is 18.1. The molecule has 29 heavy (non-hydrogen) atoms. The van der Waals surface area contributed by atoms with Gasteiger partial charge in [-0.2, -0.15) is 0 Å². The quantitative estimate of drug-likeness (QED) is 0.552. The standard InChI is InChI=1S/C20H17Cl4NO4/c1-11(26)10-20(28)17-13(22)4-5-14(23)18(17)25(19(20)27)7-2-8-29-16-6-3-12(21)9-15(16)24/h3-6,9,28H,2,7-8,10H2,1H3. The highest BCUT2D eigenvalue weighted by atomic mass is 35.5. The summed E-state index contributed by atoms with van der Waals surface area (Å²) < 4.78 is 5.64. The van der Waals surface area contributed by atoms with Crippen LogP contribution in [0, 0.1) is 0 Å². The smallest absolute Gasteiger partial charge is 0.264 e. The summed E-state index contributed by atoms with van der Waals surface area (Å²) in [5, 5.41) is 12.4. The second-order valence-electron chi connectivity index (χ2n) is 6.73. The molecule has 1 aliphatic rings. The molecule has 2 aromatic rings. The maximum absolute atomic E-state index is 13.0. The Morgan fingerprint density at radius 1 is 1.10 bits per heavy atom. The molecule has 0 saturated carbocycles. The number of ether oxygens (including phenoxy) is 1. The van der Waals surface area contributed by atoms with Crippen molar-refractivity contribution in [3.8, 4) is 5.75 Å². The van der Waals surface area contributed by atoms with Gasteiger partial charge in [0.15, 0.2) is 5.60 Å². The summed E-state index contributed by atoms with van der Waals surface area (Å²) in [6, 6.07) is 7.93. The number of benzene rings is 2. The zero-order valence-electron chi connectivity index (χ0n) is 15.3. The predicted molar refractivity (Wildman–Crippen MR) is 115 cm³/mol. The summed E-state index contributed by atoms with van der Waals surface area (Å²) in [6.45, 7) is 1.76. The van der Waals surface area contributed by atoms with E-state index in [1.54, 1.807) is 24.3 Å². The van der Waals surface area contributed by atoms with Crippen molar-refractivity contribution < 1.29 is 19.4 Å². The van der Waals surface area contributed by atoms with Crippen LogP contribution < -0.4 is 9.64 Å². The minimum atomic E-state index is -2.04.